The Kier molecular flexibility index (Phi) is 32.0. The van der Waals surface area contributed by atoms with E-state index in [1.165, 1.54) is 89.6 Å². The number of rotatable bonds is 27. The quantitative estimate of drug-likeness (QED) is 0.0158. The minimum absolute atomic E-state index is 0.211. The molecule has 0 bridgehead atoms. The van der Waals surface area contributed by atoms with E-state index in [1.807, 2.05) is 16.0 Å². The smallest absolute Gasteiger partial charge is 0.408 e. The molecule has 0 aliphatic carbocycles. The summed E-state index contributed by atoms with van der Waals surface area (Å²) in [6, 6.07) is 22.0. The number of nitrogens with zero attached hydrogens (tertiary/aromatic N) is 6. The summed E-state index contributed by atoms with van der Waals surface area (Å²) in [5, 5.41) is 15.3. The number of aromatic nitrogens is 6. The van der Waals surface area contributed by atoms with Gasteiger partial charge in [-0.2, -0.15) is 39.5 Å². The van der Waals surface area contributed by atoms with Crippen molar-refractivity contribution in [2.24, 2.45) is 21.1 Å². The fraction of sp³-hybridized carbons (Fsp3) is 0.260. The van der Waals surface area contributed by atoms with Gasteiger partial charge in [0.1, 0.15) is 105 Å². The van der Waals surface area contributed by atoms with Gasteiger partial charge >= 0.3 is 36.4 Å². The second kappa shape index (κ2) is 43.3. The predicted octanol–water partition coefficient (Wildman–Crippen LogP) is 18.3. The zero-order valence-electron chi connectivity index (χ0n) is 77.2. The summed E-state index contributed by atoms with van der Waals surface area (Å²) in [7, 11) is 9.31. The standard InChI is InChI=1S/C35H30F6N4O4.C34H28F6N4O4.C31H29F5N4O5/c1-5-28(35(39,40)41)43-20-15-24(37)30(25(38)16-20)32(46)44-26(34(48)49-4)13-18-8-10-22(31-21(18)7-6-12-42-31)29-17(2)23-14-19(36)9-11-27(23)45(3)33(29)47;1-16-23-13-19(35)8-10-27(23)44(3)32(46)28(16)22-9-7-18(21-6-5-11-41-30(21)22)12-26(33(47)48-4)43-31(45)29-24(36)14-20(15-25(29)37)42-17(2)34(38,39)40;1-5-24(31(34,35)36)38-17-14-20(32)26(21(33)15-17)28(41)39-22(30(43)45-4)13-16-8-9-19(27-18(16)7-6-11-37-27)25-23(44-3)10-12-40(2)29(25)42/h6-12,14-16,26,28,43H,5,13H2,1-4H3,(H,44,46);5-11,13-15,17,26,42H,12H2,1-4H3,(H,43,45);6-12,14-15,22,24,38H,5,13H2,1-4H3,(H,39,41)/t26-,28+;17-,26+;22-,24+/m010/s1. The molecule has 0 aliphatic rings. The van der Waals surface area contributed by atoms with E-state index in [0.717, 1.165) is 28.3 Å². The van der Waals surface area contributed by atoms with Gasteiger partial charge in [0, 0.05) is 126 Å². The molecule has 6 aromatic heterocycles. The van der Waals surface area contributed by atoms with Crippen molar-refractivity contribution < 1.29 is 122 Å². The van der Waals surface area contributed by atoms with Crippen molar-refractivity contribution in [2.45, 2.75) is 122 Å². The molecule has 0 radical (unpaired) electrons. The summed E-state index contributed by atoms with van der Waals surface area (Å²) in [4.78, 5) is 131. The number of pyridine rings is 6. The fourth-order valence-electron chi connectivity index (χ4n) is 16.4. The van der Waals surface area contributed by atoms with E-state index in [-0.39, 0.29) is 52.6 Å². The summed E-state index contributed by atoms with van der Waals surface area (Å²) in [6.07, 6.45) is -9.52. The Labute approximate surface area is 795 Å². The lowest BCUT2D eigenvalue weighted by Crippen LogP contribution is -2.43. The van der Waals surface area contributed by atoms with E-state index in [4.69, 9.17) is 18.9 Å². The van der Waals surface area contributed by atoms with Crippen LogP contribution in [0, 0.1) is 60.4 Å². The number of anilines is 3. The highest BCUT2D eigenvalue weighted by molar-refractivity contribution is 6.05. The van der Waals surface area contributed by atoms with E-state index in [9.17, 15) is 109 Å². The lowest BCUT2D eigenvalue weighted by molar-refractivity contribution is -0.143. The predicted molar refractivity (Wildman–Crippen MR) is 495 cm³/mol. The molecule has 6 heterocycles. The Hall–Kier alpha value is -15.8. The van der Waals surface area contributed by atoms with E-state index in [2.05, 4.69) is 30.9 Å². The van der Waals surface area contributed by atoms with Crippen LogP contribution in [0.25, 0.3) is 87.9 Å². The zero-order valence-corrected chi connectivity index (χ0v) is 77.2. The summed E-state index contributed by atoms with van der Waals surface area (Å²) in [5.41, 5.74) is 0.695. The number of alkyl halides is 9. The monoisotopic (exact) mass is 1990 g/mol. The Morgan fingerprint density at radius 1 is 0.387 bits per heavy atom. The van der Waals surface area contributed by atoms with Crippen LogP contribution in [0.15, 0.2) is 191 Å². The van der Waals surface area contributed by atoms with Crippen LogP contribution >= 0.6 is 0 Å². The second-order valence-corrected chi connectivity index (χ2v) is 32.6. The summed E-state index contributed by atoms with van der Waals surface area (Å²) in [5.74, 6) is -16.2. The Bertz CT molecular complexity index is 7430. The topological polar surface area (TPSA) is 316 Å². The maximum atomic E-state index is 15.0. The molecule has 0 aliphatic heterocycles. The van der Waals surface area contributed by atoms with E-state index >= 15 is 8.78 Å². The van der Waals surface area contributed by atoms with Gasteiger partial charge in [0.15, 0.2) is 0 Å². The van der Waals surface area contributed by atoms with Crippen LogP contribution in [-0.2, 0) is 69.0 Å². The first-order valence-electron chi connectivity index (χ1n) is 43.1. The van der Waals surface area contributed by atoms with Crippen LogP contribution in [0.4, 0.5) is 91.7 Å². The van der Waals surface area contributed by atoms with Crippen molar-refractivity contribution in [1.82, 2.24) is 44.6 Å². The molecule has 6 atom stereocenters. The van der Waals surface area contributed by atoms with Gasteiger partial charge in [-0.25, -0.2) is 49.5 Å². The fourth-order valence-corrected chi connectivity index (χ4v) is 16.4. The second-order valence-electron chi connectivity index (χ2n) is 32.6. The molecule has 0 unspecified atom stereocenters. The van der Waals surface area contributed by atoms with Gasteiger partial charge in [-0.3, -0.25) is 43.7 Å². The van der Waals surface area contributed by atoms with Crippen LogP contribution in [0.5, 0.6) is 5.75 Å². The molecule has 3 amide bonds. The number of carbonyl (C=O) groups excluding carboxylic acids is 6. The normalized spacial score (nSPS) is 12.9. The maximum Gasteiger partial charge on any atom is 0.408 e. The molecule has 0 saturated carbocycles. The molecule has 14 aromatic rings. The van der Waals surface area contributed by atoms with Gasteiger partial charge in [0.2, 0.25) is 0 Å². The largest absolute Gasteiger partial charge is 0.496 e. The number of hydrogen-bond donors (Lipinski definition) is 6. The maximum absolute atomic E-state index is 15.0. The number of nitrogens with one attached hydrogen (secondary N) is 6. The van der Waals surface area contributed by atoms with Crippen molar-refractivity contribution in [3.63, 3.8) is 0 Å². The Balaban J connectivity index is 0.000000190. The molecule has 0 spiro atoms. The minimum atomic E-state index is -4.70. The third-order valence-electron chi connectivity index (χ3n) is 23.7. The number of halogens is 17. The first-order valence-corrected chi connectivity index (χ1v) is 43.1. The van der Waals surface area contributed by atoms with Gasteiger partial charge in [-0.05, 0) is 158 Å². The van der Waals surface area contributed by atoms with Gasteiger partial charge in [0.05, 0.1) is 72.7 Å². The number of ether oxygens (including phenoxy) is 4. The number of esters is 3. The molecular weight excluding hydrogens is 1900 g/mol. The molecule has 0 fully saturated rings. The highest BCUT2D eigenvalue weighted by atomic mass is 19.4. The SMILES string of the molecule is CC[C@@H](Nc1cc(F)c(C(=O)N[C@@H](Cc2ccc(-c3c(C)c4cc(F)ccc4n(C)c3=O)c3ncccc23)C(=O)OC)c(F)c1)C(F)(F)F.CC[C@@H](Nc1cc(F)c(C(=O)N[C@@H](Cc2ccc(-c3c(OC)ccn(C)c3=O)c3ncccc23)C(=O)OC)c(F)c1)C(F)(F)F.COC(=O)[C@H](Cc1ccc(-c2c(C)c3cc(F)ccc3n(C)c2=O)c2ncccc12)NC(=O)c1c(F)cc(N[C@H](C)C(F)(F)F)cc1F. The van der Waals surface area contributed by atoms with Gasteiger partial charge < -0.3 is 64.5 Å². The van der Waals surface area contributed by atoms with Crippen LogP contribution in [0.2, 0.25) is 0 Å². The number of amides is 3. The number of hydrogen-bond acceptors (Lipinski definition) is 19. The van der Waals surface area contributed by atoms with Crippen LogP contribution in [-0.4, -0.2) is 148 Å². The van der Waals surface area contributed by atoms with E-state index < -0.39 is 184 Å². The molecule has 14 rings (SSSR count). The molecule has 744 valence electrons. The highest BCUT2D eigenvalue weighted by Crippen LogP contribution is 2.40. The minimum Gasteiger partial charge on any atom is -0.496 e. The van der Waals surface area contributed by atoms with Crippen molar-refractivity contribution in [3.05, 3.63) is 299 Å². The summed E-state index contributed by atoms with van der Waals surface area (Å²) in [6.45, 7) is 6.64. The van der Waals surface area contributed by atoms with Crippen LogP contribution in [0.1, 0.15) is 92.5 Å². The molecule has 25 nitrogen and oxygen atoms in total. The number of methoxy groups -OCH3 is 4. The number of carbonyl (C=O) groups is 6. The average molecular weight is 1990 g/mol. The van der Waals surface area contributed by atoms with Crippen LogP contribution < -0.4 is 53.3 Å². The number of aryl methyl sites for hydroxylation is 5. The Morgan fingerprint density at radius 2 is 0.697 bits per heavy atom. The van der Waals surface area contributed by atoms with Gasteiger partial charge in [-0.15, -0.1) is 0 Å². The molecular formula is C100H87F17N12O13. The number of benzene rings is 8. The first-order chi connectivity index (χ1) is 67.1. The van der Waals surface area contributed by atoms with E-state index in [1.54, 1.807) is 120 Å². The van der Waals surface area contributed by atoms with E-state index in [0.29, 0.717) is 141 Å². The highest BCUT2D eigenvalue weighted by Gasteiger charge is 2.42. The average Bonchev–Trinajstić information content (AvgIpc) is 0.738. The lowest BCUT2D eigenvalue weighted by atomic mass is 9.92. The lowest BCUT2D eigenvalue weighted by Gasteiger charge is -2.22. The van der Waals surface area contributed by atoms with Gasteiger partial charge in [-0.1, -0.05) is 68.4 Å². The van der Waals surface area contributed by atoms with Crippen molar-refractivity contribution >= 4 is 107 Å². The summed E-state index contributed by atoms with van der Waals surface area (Å²) < 4.78 is 260. The first kappa shape index (κ1) is 105. The van der Waals surface area contributed by atoms with Crippen molar-refractivity contribution in [2.75, 3.05) is 44.4 Å². The molecule has 6 N–H and O–H groups in total. The third-order valence-corrected chi connectivity index (χ3v) is 23.7. The van der Waals surface area contributed by atoms with Crippen molar-refractivity contribution in [1.29, 1.82) is 0 Å². The van der Waals surface area contributed by atoms with Crippen LogP contribution in [0.3, 0.4) is 0 Å². The zero-order chi connectivity index (χ0) is 104. The molecule has 8 aromatic carbocycles. The van der Waals surface area contributed by atoms with Crippen molar-refractivity contribution in [3.8, 4) is 39.1 Å². The third kappa shape index (κ3) is 22.5. The Morgan fingerprint density at radius 3 is 0.986 bits per heavy atom. The van der Waals surface area contributed by atoms with Gasteiger partial charge in [0.25, 0.3) is 34.4 Å². The molecule has 0 saturated heterocycles. The number of fused-ring (bicyclic) bond motifs is 5. The summed E-state index contributed by atoms with van der Waals surface area (Å²) >= 11 is 0. The molecule has 42 heteroatoms. The molecule has 142 heavy (non-hydrogen) atoms.